The van der Waals surface area contributed by atoms with E-state index in [1.807, 2.05) is 30.1 Å². The zero-order chi connectivity index (χ0) is 16.2. The summed E-state index contributed by atoms with van der Waals surface area (Å²) in [5.41, 5.74) is 1.06. The first kappa shape index (κ1) is 15.9. The van der Waals surface area contributed by atoms with E-state index >= 15 is 0 Å². The van der Waals surface area contributed by atoms with E-state index in [0.29, 0.717) is 18.1 Å². The zero-order valence-corrected chi connectivity index (χ0v) is 14.0. The van der Waals surface area contributed by atoms with Crippen LogP contribution in [-0.4, -0.2) is 40.9 Å². The van der Waals surface area contributed by atoms with Crippen molar-refractivity contribution >= 4 is 23.2 Å². The van der Waals surface area contributed by atoms with Crippen LogP contribution in [0.2, 0.25) is 0 Å². The number of fused-ring (bicyclic) bond motifs is 1. The van der Waals surface area contributed by atoms with Crippen LogP contribution < -0.4 is 14.8 Å². The smallest absolute Gasteiger partial charge is 0.241 e. The van der Waals surface area contributed by atoms with Gasteiger partial charge in [-0.3, -0.25) is 14.8 Å². The van der Waals surface area contributed by atoms with Crippen molar-refractivity contribution in [2.45, 2.75) is 32.7 Å². The van der Waals surface area contributed by atoms with Crippen molar-refractivity contribution < 1.29 is 14.3 Å². The van der Waals surface area contributed by atoms with E-state index in [1.54, 1.807) is 5.01 Å². The molecule has 124 valence electrons. The third kappa shape index (κ3) is 3.50. The maximum Gasteiger partial charge on any atom is 0.241 e. The van der Waals surface area contributed by atoms with E-state index < -0.39 is 0 Å². The quantitative estimate of drug-likeness (QED) is 0.850. The maximum absolute atomic E-state index is 12.1. The molecule has 0 aromatic heterocycles. The molecule has 0 spiro atoms. The Morgan fingerprint density at radius 3 is 2.87 bits per heavy atom. The lowest BCUT2D eigenvalue weighted by atomic mass is 10.2. The summed E-state index contributed by atoms with van der Waals surface area (Å²) in [6, 6.07) is 5.82. The van der Waals surface area contributed by atoms with E-state index in [0.717, 1.165) is 43.0 Å². The van der Waals surface area contributed by atoms with E-state index in [-0.39, 0.29) is 12.7 Å². The van der Waals surface area contributed by atoms with Gasteiger partial charge in [-0.1, -0.05) is 13.0 Å². The summed E-state index contributed by atoms with van der Waals surface area (Å²) in [4.78, 5) is 12.1. The standard InChI is InChI=1S/C16H21N3O3S/c1-2-4-15(20)18-7-3-8-19(18)16(23)17-10-12-5-6-13-14(9-12)22-11-21-13/h5-6,9H,2-4,7-8,10-11H2,1H3,(H,17,23). The fourth-order valence-electron chi connectivity index (χ4n) is 2.74. The van der Waals surface area contributed by atoms with Gasteiger partial charge in [0.15, 0.2) is 16.6 Å². The normalized spacial score (nSPS) is 15.9. The monoisotopic (exact) mass is 335 g/mol. The first-order chi connectivity index (χ1) is 11.2. The summed E-state index contributed by atoms with van der Waals surface area (Å²) in [6.45, 7) is 4.39. The van der Waals surface area contributed by atoms with E-state index in [4.69, 9.17) is 21.7 Å². The number of carbonyl (C=O) groups excluding carboxylic acids is 1. The number of hydrazine groups is 1. The molecule has 0 saturated carbocycles. The molecule has 1 amide bonds. The summed E-state index contributed by atoms with van der Waals surface area (Å²) in [6.07, 6.45) is 2.35. The predicted molar refractivity (Wildman–Crippen MR) is 89.9 cm³/mol. The molecule has 0 bridgehead atoms. The van der Waals surface area contributed by atoms with Crippen molar-refractivity contribution in [3.05, 3.63) is 23.8 Å². The molecular weight excluding hydrogens is 314 g/mol. The molecule has 0 aliphatic carbocycles. The van der Waals surface area contributed by atoms with Crippen molar-refractivity contribution in [3.63, 3.8) is 0 Å². The van der Waals surface area contributed by atoms with Gasteiger partial charge >= 0.3 is 0 Å². The highest BCUT2D eigenvalue weighted by Gasteiger charge is 2.27. The van der Waals surface area contributed by atoms with Gasteiger partial charge in [0.05, 0.1) is 0 Å². The van der Waals surface area contributed by atoms with Gasteiger partial charge in [-0.25, -0.2) is 0 Å². The fourth-order valence-corrected chi connectivity index (χ4v) is 3.01. The Kier molecular flexibility index (Phi) is 4.85. The van der Waals surface area contributed by atoms with Gasteiger partial charge in [0.2, 0.25) is 12.7 Å². The van der Waals surface area contributed by atoms with Crippen LogP contribution in [0.3, 0.4) is 0 Å². The van der Waals surface area contributed by atoms with Crippen LogP contribution in [0, 0.1) is 0 Å². The molecule has 3 rings (SSSR count). The van der Waals surface area contributed by atoms with Gasteiger partial charge in [-0.05, 0) is 42.8 Å². The van der Waals surface area contributed by atoms with E-state index in [9.17, 15) is 4.79 Å². The number of carbonyl (C=O) groups is 1. The molecule has 1 N–H and O–H groups in total. The lowest BCUT2D eigenvalue weighted by molar-refractivity contribution is -0.138. The number of benzene rings is 1. The molecule has 0 radical (unpaired) electrons. The highest BCUT2D eigenvalue weighted by molar-refractivity contribution is 7.80. The Labute approximate surface area is 141 Å². The Balaban J connectivity index is 1.57. The molecule has 0 atom stereocenters. The SMILES string of the molecule is CCCC(=O)N1CCCN1C(=S)NCc1ccc2c(c1)OCO2. The minimum Gasteiger partial charge on any atom is -0.454 e. The highest BCUT2D eigenvalue weighted by atomic mass is 32.1. The Hall–Kier alpha value is -2.02. The molecule has 6 nitrogen and oxygen atoms in total. The van der Waals surface area contributed by atoms with Gasteiger partial charge in [0.1, 0.15) is 0 Å². The van der Waals surface area contributed by atoms with Crippen molar-refractivity contribution in [3.8, 4) is 11.5 Å². The van der Waals surface area contributed by atoms with Crippen molar-refractivity contribution in [1.82, 2.24) is 15.3 Å². The van der Waals surface area contributed by atoms with Gasteiger partial charge in [0, 0.05) is 26.1 Å². The first-order valence-corrected chi connectivity index (χ1v) is 8.34. The fraction of sp³-hybridized carbons (Fsp3) is 0.500. The van der Waals surface area contributed by atoms with Crippen LogP contribution in [0.15, 0.2) is 18.2 Å². The molecular formula is C16H21N3O3S. The van der Waals surface area contributed by atoms with E-state index in [1.165, 1.54) is 0 Å². The summed E-state index contributed by atoms with van der Waals surface area (Å²) >= 11 is 5.46. The number of ether oxygens (including phenoxy) is 2. The third-order valence-electron chi connectivity index (χ3n) is 3.90. The molecule has 1 aromatic rings. The number of nitrogens with zero attached hydrogens (tertiary/aromatic N) is 2. The molecule has 2 aliphatic heterocycles. The number of hydrogen-bond donors (Lipinski definition) is 1. The van der Waals surface area contributed by atoms with Crippen LogP contribution in [-0.2, 0) is 11.3 Å². The molecule has 2 heterocycles. The van der Waals surface area contributed by atoms with Crippen molar-refractivity contribution in [1.29, 1.82) is 0 Å². The molecule has 1 aromatic carbocycles. The van der Waals surface area contributed by atoms with Crippen LogP contribution in [0.1, 0.15) is 31.7 Å². The topological polar surface area (TPSA) is 54.0 Å². The number of nitrogens with one attached hydrogen (secondary N) is 1. The Morgan fingerprint density at radius 1 is 1.26 bits per heavy atom. The summed E-state index contributed by atoms with van der Waals surface area (Å²) in [7, 11) is 0. The Bertz CT molecular complexity index is 608. The highest BCUT2D eigenvalue weighted by Crippen LogP contribution is 2.32. The molecule has 7 heteroatoms. The van der Waals surface area contributed by atoms with Crippen LogP contribution in [0.25, 0.3) is 0 Å². The zero-order valence-electron chi connectivity index (χ0n) is 13.2. The first-order valence-electron chi connectivity index (χ1n) is 7.93. The molecule has 23 heavy (non-hydrogen) atoms. The average Bonchev–Trinajstić information content (AvgIpc) is 3.21. The average molecular weight is 335 g/mol. The molecule has 1 saturated heterocycles. The van der Waals surface area contributed by atoms with Crippen LogP contribution >= 0.6 is 12.2 Å². The minimum absolute atomic E-state index is 0.136. The number of thiocarbonyl (C=S) groups is 1. The number of amides is 1. The van der Waals surface area contributed by atoms with Crippen LogP contribution in [0.4, 0.5) is 0 Å². The lowest BCUT2D eigenvalue weighted by Gasteiger charge is -2.30. The third-order valence-corrected chi connectivity index (χ3v) is 4.25. The molecule has 1 fully saturated rings. The lowest BCUT2D eigenvalue weighted by Crippen LogP contribution is -2.48. The van der Waals surface area contributed by atoms with Crippen LogP contribution in [0.5, 0.6) is 11.5 Å². The van der Waals surface area contributed by atoms with Gasteiger partial charge in [-0.15, -0.1) is 0 Å². The molecule has 0 unspecified atom stereocenters. The summed E-state index contributed by atoms with van der Waals surface area (Å²) in [5.74, 6) is 1.67. The minimum atomic E-state index is 0.136. The van der Waals surface area contributed by atoms with Crippen molar-refractivity contribution in [2.75, 3.05) is 19.9 Å². The van der Waals surface area contributed by atoms with E-state index in [2.05, 4.69) is 5.32 Å². The largest absolute Gasteiger partial charge is 0.454 e. The number of hydrogen-bond acceptors (Lipinski definition) is 4. The summed E-state index contributed by atoms with van der Waals surface area (Å²) < 4.78 is 10.7. The summed E-state index contributed by atoms with van der Waals surface area (Å²) in [5, 5.41) is 7.45. The van der Waals surface area contributed by atoms with Crippen molar-refractivity contribution in [2.24, 2.45) is 0 Å². The van der Waals surface area contributed by atoms with Gasteiger partial charge in [0.25, 0.3) is 0 Å². The van der Waals surface area contributed by atoms with Gasteiger partial charge < -0.3 is 14.8 Å². The Morgan fingerprint density at radius 2 is 2.04 bits per heavy atom. The van der Waals surface area contributed by atoms with Gasteiger partial charge in [-0.2, -0.15) is 0 Å². The second-order valence-corrected chi connectivity index (χ2v) is 5.98. The maximum atomic E-state index is 12.1. The predicted octanol–water partition coefficient (Wildman–Crippen LogP) is 2.04. The second-order valence-electron chi connectivity index (χ2n) is 5.59. The molecule has 2 aliphatic rings. The second kappa shape index (κ2) is 7.04. The number of rotatable bonds is 4.